The third-order valence-electron chi connectivity index (χ3n) is 3.09. The molecule has 0 saturated heterocycles. The molecule has 0 heterocycles. The molecule has 0 bridgehead atoms. The Balaban J connectivity index is 2.79. The third-order valence-corrected chi connectivity index (χ3v) is 3.09. The van der Waals surface area contributed by atoms with Gasteiger partial charge in [-0.15, -0.1) is 0 Å². The molecule has 3 N–H and O–H groups in total. The molecule has 0 fully saturated rings. The van der Waals surface area contributed by atoms with Crippen LogP contribution < -0.4 is 10.6 Å². The highest BCUT2D eigenvalue weighted by Gasteiger charge is 2.15. The first-order valence-electron chi connectivity index (χ1n) is 6.32. The molecule has 6 nitrogen and oxygen atoms in total. The number of amides is 3. The number of rotatable bonds is 3. The quantitative estimate of drug-likeness (QED) is 0.745. The number of carboxylic acid groups (broad SMARTS) is 1. The number of urea groups is 1. The summed E-state index contributed by atoms with van der Waals surface area (Å²) >= 11 is 0. The van der Waals surface area contributed by atoms with Crippen LogP contribution in [0.4, 0.5) is 10.5 Å². The van der Waals surface area contributed by atoms with Crippen LogP contribution in [0.25, 0.3) is 0 Å². The fourth-order valence-electron chi connectivity index (χ4n) is 1.55. The molecule has 0 aliphatic heterocycles. The van der Waals surface area contributed by atoms with Gasteiger partial charge >= 0.3 is 12.0 Å². The normalized spacial score (nSPS) is 11.4. The molecule has 1 aromatic carbocycles. The first-order valence-corrected chi connectivity index (χ1v) is 6.32. The Hall–Kier alpha value is -2.63. The Labute approximate surface area is 122 Å². The second-order valence-electron chi connectivity index (χ2n) is 4.78. The van der Waals surface area contributed by atoms with Gasteiger partial charge in [-0.25, -0.2) is 9.59 Å². The van der Waals surface area contributed by atoms with Crippen molar-refractivity contribution in [1.82, 2.24) is 5.32 Å². The summed E-state index contributed by atoms with van der Waals surface area (Å²) in [5, 5.41) is 13.5. The predicted molar refractivity (Wildman–Crippen MR) is 79.1 cm³/mol. The number of benzene rings is 1. The zero-order valence-corrected chi connectivity index (χ0v) is 12.4. The Morgan fingerprint density at radius 3 is 2.24 bits per heavy atom. The van der Waals surface area contributed by atoms with E-state index < -0.39 is 17.9 Å². The lowest BCUT2D eigenvalue weighted by Crippen LogP contribution is -2.35. The predicted octanol–water partition coefficient (Wildman–Crippen LogP) is 2.37. The highest BCUT2D eigenvalue weighted by Crippen LogP contribution is 2.16. The van der Waals surface area contributed by atoms with Gasteiger partial charge < -0.3 is 10.4 Å². The van der Waals surface area contributed by atoms with Gasteiger partial charge in [0.05, 0.1) is 0 Å². The number of carbonyl (C=O) groups is 3. The van der Waals surface area contributed by atoms with E-state index >= 15 is 0 Å². The SMILES string of the molecule is CC(C(=O)O)=C(C)C(=O)NC(=O)Nc1cc(C)ccc1C. The molecular weight excluding hydrogens is 272 g/mol. The molecule has 1 aromatic rings. The molecule has 112 valence electrons. The minimum atomic E-state index is -1.20. The Morgan fingerprint density at radius 1 is 1.05 bits per heavy atom. The zero-order chi connectivity index (χ0) is 16.2. The number of aliphatic carboxylic acids is 1. The zero-order valence-electron chi connectivity index (χ0n) is 12.4. The lowest BCUT2D eigenvalue weighted by Gasteiger charge is -2.10. The minimum absolute atomic E-state index is 0.0152. The van der Waals surface area contributed by atoms with Crippen LogP contribution in [0.15, 0.2) is 29.3 Å². The van der Waals surface area contributed by atoms with Crippen LogP contribution in [0.2, 0.25) is 0 Å². The van der Waals surface area contributed by atoms with Crippen LogP contribution in [0.3, 0.4) is 0 Å². The summed E-state index contributed by atoms with van der Waals surface area (Å²) in [5.74, 6) is -1.93. The number of nitrogens with one attached hydrogen (secondary N) is 2. The molecule has 0 spiro atoms. The molecule has 0 aromatic heterocycles. The smallest absolute Gasteiger partial charge is 0.331 e. The van der Waals surface area contributed by atoms with Gasteiger partial charge in [0.15, 0.2) is 0 Å². The molecule has 0 atom stereocenters. The monoisotopic (exact) mass is 290 g/mol. The second kappa shape index (κ2) is 6.69. The molecular formula is C15H18N2O4. The molecule has 6 heteroatoms. The van der Waals surface area contributed by atoms with Gasteiger partial charge in [-0.05, 0) is 44.9 Å². The van der Waals surface area contributed by atoms with Crippen molar-refractivity contribution >= 4 is 23.6 Å². The summed E-state index contributed by atoms with van der Waals surface area (Å²) in [6.45, 7) is 6.37. The standard InChI is InChI=1S/C15H18N2O4/c1-8-5-6-9(2)12(7-8)16-15(21)17-13(18)10(3)11(4)14(19)20/h5-7H,1-4H3,(H,19,20)(H2,16,17,18,21). The summed E-state index contributed by atoms with van der Waals surface area (Å²) < 4.78 is 0. The number of hydrogen-bond donors (Lipinski definition) is 3. The third kappa shape index (κ3) is 4.45. The molecule has 0 aliphatic rings. The van der Waals surface area contributed by atoms with Crippen molar-refractivity contribution in [1.29, 1.82) is 0 Å². The fourth-order valence-corrected chi connectivity index (χ4v) is 1.55. The van der Waals surface area contributed by atoms with Gasteiger partial charge in [0.1, 0.15) is 0 Å². The molecule has 21 heavy (non-hydrogen) atoms. The van der Waals surface area contributed by atoms with Crippen molar-refractivity contribution in [3.8, 4) is 0 Å². The van der Waals surface area contributed by atoms with E-state index in [-0.39, 0.29) is 11.1 Å². The Bertz CT molecular complexity index is 633. The first-order chi connectivity index (χ1) is 9.72. The highest BCUT2D eigenvalue weighted by molar-refractivity contribution is 6.10. The van der Waals surface area contributed by atoms with Crippen molar-refractivity contribution in [3.63, 3.8) is 0 Å². The van der Waals surface area contributed by atoms with E-state index in [0.717, 1.165) is 11.1 Å². The average molecular weight is 290 g/mol. The second-order valence-corrected chi connectivity index (χ2v) is 4.78. The molecule has 1 rings (SSSR count). The summed E-state index contributed by atoms with van der Waals surface area (Å²) in [7, 11) is 0. The van der Waals surface area contributed by atoms with Gasteiger partial charge in [0, 0.05) is 16.8 Å². The van der Waals surface area contributed by atoms with Crippen LogP contribution in [-0.4, -0.2) is 23.0 Å². The van der Waals surface area contributed by atoms with Crippen molar-refractivity contribution < 1.29 is 19.5 Å². The lowest BCUT2D eigenvalue weighted by molar-refractivity contribution is -0.133. The molecule has 0 radical (unpaired) electrons. The summed E-state index contributed by atoms with van der Waals surface area (Å²) in [4.78, 5) is 34.3. The first kappa shape index (κ1) is 16.4. The number of imide groups is 1. The van der Waals surface area contributed by atoms with Crippen LogP contribution in [-0.2, 0) is 9.59 Å². The minimum Gasteiger partial charge on any atom is -0.478 e. The Morgan fingerprint density at radius 2 is 1.67 bits per heavy atom. The Kier molecular flexibility index (Phi) is 5.24. The van der Waals surface area contributed by atoms with Gasteiger partial charge in [-0.1, -0.05) is 12.1 Å². The number of anilines is 1. The van der Waals surface area contributed by atoms with Gasteiger partial charge in [0.25, 0.3) is 5.91 Å². The number of carbonyl (C=O) groups excluding carboxylic acids is 2. The van der Waals surface area contributed by atoms with E-state index in [1.807, 2.05) is 26.0 Å². The topological polar surface area (TPSA) is 95.5 Å². The molecule has 0 aliphatic carbocycles. The van der Waals surface area contributed by atoms with E-state index in [9.17, 15) is 14.4 Å². The molecule has 0 saturated carbocycles. The number of carboxylic acids is 1. The fraction of sp³-hybridized carbons (Fsp3) is 0.267. The van der Waals surface area contributed by atoms with E-state index in [1.165, 1.54) is 13.8 Å². The highest BCUT2D eigenvalue weighted by atomic mass is 16.4. The summed E-state index contributed by atoms with van der Waals surface area (Å²) in [6, 6.07) is 4.84. The molecule has 0 unspecified atom stereocenters. The summed E-state index contributed by atoms with van der Waals surface area (Å²) in [6.07, 6.45) is 0. The van der Waals surface area contributed by atoms with Crippen molar-refractivity contribution in [2.75, 3.05) is 5.32 Å². The van der Waals surface area contributed by atoms with E-state index in [1.54, 1.807) is 6.07 Å². The number of hydrogen-bond acceptors (Lipinski definition) is 3. The lowest BCUT2D eigenvalue weighted by atomic mass is 10.1. The van der Waals surface area contributed by atoms with E-state index in [2.05, 4.69) is 10.6 Å². The van der Waals surface area contributed by atoms with Gasteiger partial charge in [0.2, 0.25) is 0 Å². The van der Waals surface area contributed by atoms with Gasteiger partial charge in [-0.2, -0.15) is 0 Å². The average Bonchev–Trinajstić information content (AvgIpc) is 2.40. The van der Waals surface area contributed by atoms with Crippen molar-refractivity contribution in [2.45, 2.75) is 27.7 Å². The van der Waals surface area contributed by atoms with Crippen LogP contribution >= 0.6 is 0 Å². The largest absolute Gasteiger partial charge is 0.478 e. The van der Waals surface area contributed by atoms with Crippen molar-refractivity contribution in [3.05, 3.63) is 40.5 Å². The maximum Gasteiger partial charge on any atom is 0.331 e. The van der Waals surface area contributed by atoms with Crippen LogP contribution in [0.1, 0.15) is 25.0 Å². The van der Waals surface area contributed by atoms with E-state index in [4.69, 9.17) is 5.11 Å². The maximum atomic E-state index is 11.8. The summed E-state index contributed by atoms with van der Waals surface area (Å²) in [5.41, 5.74) is 2.31. The van der Waals surface area contributed by atoms with Crippen molar-refractivity contribution in [2.24, 2.45) is 0 Å². The van der Waals surface area contributed by atoms with Gasteiger partial charge in [-0.3, -0.25) is 10.1 Å². The van der Waals surface area contributed by atoms with Crippen LogP contribution in [0.5, 0.6) is 0 Å². The van der Waals surface area contributed by atoms with Crippen LogP contribution in [0, 0.1) is 13.8 Å². The molecule has 3 amide bonds. The maximum absolute atomic E-state index is 11.8. The van der Waals surface area contributed by atoms with E-state index in [0.29, 0.717) is 5.69 Å². The number of aryl methyl sites for hydroxylation is 2.